The standard InChI is InChI=1S/C25H26N4O4S/c1-27-8-10-28(11-9-27)14-17-2-4-18(5-3-17)15-29-20-12-19(6-7-21(20)33-16-23(29)30)13-22-24(31)26-25(32)34-22/h2-7,12-13H,8-11,14-16H2,1H3,(H,26,31,32). The average molecular weight is 479 g/mol. The molecule has 2 aromatic carbocycles. The Balaban J connectivity index is 1.31. The lowest BCUT2D eigenvalue weighted by Crippen LogP contribution is -2.43. The molecule has 3 amide bonds. The Bertz CT molecular complexity index is 1160. The van der Waals surface area contributed by atoms with Crippen LogP contribution in [-0.2, 0) is 22.7 Å². The van der Waals surface area contributed by atoms with Crippen molar-refractivity contribution in [3.63, 3.8) is 0 Å². The smallest absolute Gasteiger partial charge is 0.290 e. The second-order valence-corrected chi connectivity index (χ2v) is 9.76. The van der Waals surface area contributed by atoms with Crippen LogP contribution < -0.4 is 15.0 Å². The third-order valence-corrected chi connectivity index (χ3v) is 7.04. The number of hydrogen-bond donors (Lipinski definition) is 1. The molecule has 8 nitrogen and oxygen atoms in total. The second kappa shape index (κ2) is 9.61. The zero-order valence-corrected chi connectivity index (χ0v) is 19.8. The van der Waals surface area contributed by atoms with E-state index in [0.717, 1.165) is 55.6 Å². The number of likely N-dealkylation sites (N-methyl/N-ethyl adjacent to an activating group) is 1. The highest BCUT2D eigenvalue weighted by molar-refractivity contribution is 8.18. The van der Waals surface area contributed by atoms with Crippen LogP contribution >= 0.6 is 11.8 Å². The topological polar surface area (TPSA) is 82.2 Å². The first-order valence-electron chi connectivity index (χ1n) is 11.3. The fourth-order valence-electron chi connectivity index (χ4n) is 4.25. The summed E-state index contributed by atoms with van der Waals surface area (Å²) in [4.78, 5) is 42.9. The van der Waals surface area contributed by atoms with E-state index < -0.39 is 5.91 Å². The third kappa shape index (κ3) is 5.01. The van der Waals surface area contributed by atoms with Gasteiger partial charge in [0.05, 0.1) is 17.1 Å². The van der Waals surface area contributed by atoms with Crippen LogP contribution in [0.25, 0.3) is 6.08 Å². The molecule has 3 heterocycles. The first-order chi connectivity index (χ1) is 16.4. The van der Waals surface area contributed by atoms with Crippen molar-refractivity contribution < 1.29 is 19.1 Å². The van der Waals surface area contributed by atoms with Crippen LogP contribution in [0.3, 0.4) is 0 Å². The minimum Gasteiger partial charge on any atom is -0.482 e. The minimum absolute atomic E-state index is 0.0122. The SMILES string of the molecule is CN1CCN(Cc2ccc(CN3C(=O)COc4ccc(C=C5SC(=O)NC5=O)cc43)cc2)CC1. The van der Waals surface area contributed by atoms with Gasteiger partial charge in [-0.05, 0) is 53.7 Å². The Morgan fingerprint density at radius 3 is 2.35 bits per heavy atom. The largest absolute Gasteiger partial charge is 0.482 e. The first kappa shape index (κ1) is 22.6. The lowest BCUT2D eigenvalue weighted by molar-refractivity contribution is -0.121. The van der Waals surface area contributed by atoms with E-state index in [0.29, 0.717) is 22.9 Å². The summed E-state index contributed by atoms with van der Waals surface area (Å²) in [7, 11) is 2.16. The van der Waals surface area contributed by atoms with Crippen LogP contribution in [0.2, 0.25) is 0 Å². The number of carbonyl (C=O) groups is 3. The number of fused-ring (bicyclic) bond motifs is 1. The molecule has 0 atom stereocenters. The van der Waals surface area contributed by atoms with Crippen molar-refractivity contribution in [2.24, 2.45) is 0 Å². The molecule has 2 aromatic rings. The molecule has 3 aliphatic rings. The van der Waals surface area contributed by atoms with E-state index in [2.05, 4.69) is 46.4 Å². The van der Waals surface area contributed by atoms with E-state index in [9.17, 15) is 14.4 Å². The molecule has 2 saturated heterocycles. The number of imide groups is 1. The van der Waals surface area contributed by atoms with Crippen molar-refractivity contribution in [3.8, 4) is 5.75 Å². The zero-order chi connectivity index (χ0) is 23.7. The second-order valence-electron chi connectivity index (χ2n) is 8.74. The quantitative estimate of drug-likeness (QED) is 0.662. The van der Waals surface area contributed by atoms with Gasteiger partial charge in [0.25, 0.3) is 17.1 Å². The molecule has 0 radical (unpaired) electrons. The van der Waals surface area contributed by atoms with Crippen molar-refractivity contribution in [2.75, 3.05) is 44.7 Å². The molecule has 9 heteroatoms. The van der Waals surface area contributed by atoms with Crippen LogP contribution in [-0.4, -0.2) is 66.7 Å². The van der Waals surface area contributed by atoms with Crippen LogP contribution in [0.4, 0.5) is 10.5 Å². The maximum absolute atomic E-state index is 12.7. The average Bonchev–Trinajstić information content (AvgIpc) is 3.15. The van der Waals surface area contributed by atoms with E-state index in [1.54, 1.807) is 17.0 Å². The van der Waals surface area contributed by atoms with Crippen LogP contribution in [0, 0.1) is 0 Å². The molecular formula is C25H26N4O4S. The van der Waals surface area contributed by atoms with Gasteiger partial charge in [0.15, 0.2) is 6.61 Å². The van der Waals surface area contributed by atoms with E-state index in [1.165, 1.54) is 5.56 Å². The van der Waals surface area contributed by atoms with Gasteiger partial charge >= 0.3 is 0 Å². The van der Waals surface area contributed by atoms with Gasteiger partial charge in [-0.15, -0.1) is 0 Å². The van der Waals surface area contributed by atoms with Gasteiger partial charge < -0.3 is 14.5 Å². The van der Waals surface area contributed by atoms with Gasteiger partial charge in [0.1, 0.15) is 5.75 Å². The first-order valence-corrected chi connectivity index (χ1v) is 12.1. The minimum atomic E-state index is -0.409. The lowest BCUT2D eigenvalue weighted by atomic mass is 10.1. The molecular weight excluding hydrogens is 452 g/mol. The van der Waals surface area contributed by atoms with E-state index >= 15 is 0 Å². The molecule has 0 bridgehead atoms. The molecule has 1 N–H and O–H groups in total. The summed E-state index contributed by atoms with van der Waals surface area (Å²) < 4.78 is 5.62. The summed E-state index contributed by atoms with van der Waals surface area (Å²) in [6, 6.07) is 13.8. The third-order valence-electron chi connectivity index (χ3n) is 6.23. The van der Waals surface area contributed by atoms with Gasteiger partial charge in [-0.3, -0.25) is 24.6 Å². The summed E-state index contributed by atoms with van der Waals surface area (Å²) >= 11 is 0.868. The normalized spacial score (nSPS) is 20.4. The predicted octanol–water partition coefficient (Wildman–Crippen LogP) is 2.68. The molecule has 176 valence electrons. The fraction of sp³-hybridized carbons (Fsp3) is 0.320. The summed E-state index contributed by atoms with van der Waals surface area (Å²) in [6.07, 6.45) is 1.65. The Labute approximate surface area is 202 Å². The highest BCUT2D eigenvalue weighted by Crippen LogP contribution is 2.35. The molecule has 34 heavy (non-hydrogen) atoms. The monoisotopic (exact) mass is 478 g/mol. The summed E-state index contributed by atoms with van der Waals surface area (Å²) in [5.41, 5.74) is 3.67. The number of piperazine rings is 1. The molecule has 0 saturated carbocycles. The van der Waals surface area contributed by atoms with Gasteiger partial charge in [-0.1, -0.05) is 30.3 Å². The molecule has 0 aromatic heterocycles. The number of thioether (sulfide) groups is 1. The lowest BCUT2D eigenvalue weighted by Gasteiger charge is -2.32. The molecule has 0 spiro atoms. The summed E-state index contributed by atoms with van der Waals surface area (Å²) in [5, 5.41) is 1.87. The maximum Gasteiger partial charge on any atom is 0.290 e. The number of rotatable bonds is 5. The number of ether oxygens (including phenoxy) is 1. The Morgan fingerprint density at radius 1 is 0.971 bits per heavy atom. The predicted molar refractivity (Wildman–Crippen MR) is 131 cm³/mol. The van der Waals surface area contributed by atoms with Gasteiger partial charge in [0.2, 0.25) is 0 Å². The zero-order valence-electron chi connectivity index (χ0n) is 19.0. The van der Waals surface area contributed by atoms with Crippen molar-refractivity contribution in [1.29, 1.82) is 0 Å². The number of nitrogens with zero attached hydrogens (tertiary/aromatic N) is 3. The molecule has 0 aliphatic carbocycles. The number of hydrogen-bond acceptors (Lipinski definition) is 7. The molecule has 5 rings (SSSR count). The van der Waals surface area contributed by atoms with Crippen molar-refractivity contribution in [1.82, 2.24) is 15.1 Å². The maximum atomic E-state index is 12.7. The van der Waals surface area contributed by atoms with Crippen LogP contribution in [0.15, 0.2) is 47.4 Å². The number of carbonyl (C=O) groups excluding carboxylic acids is 3. The van der Waals surface area contributed by atoms with Gasteiger partial charge in [-0.25, -0.2) is 0 Å². The molecule has 0 unspecified atom stereocenters. The van der Waals surface area contributed by atoms with Crippen molar-refractivity contribution >= 4 is 40.6 Å². The number of nitrogens with one attached hydrogen (secondary N) is 1. The molecule has 2 fully saturated rings. The van der Waals surface area contributed by atoms with Gasteiger partial charge in [0, 0.05) is 32.7 Å². The van der Waals surface area contributed by atoms with Crippen molar-refractivity contribution in [3.05, 3.63) is 64.1 Å². The Morgan fingerprint density at radius 2 is 1.68 bits per heavy atom. The highest BCUT2D eigenvalue weighted by Gasteiger charge is 2.28. The Hall–Kier alpha value is -3.14. The number of amides is 3. The van der Waals surface area contributed by atoms with Crippen LogP contribution in [0.5, 0.6) is 5.75 Å². The summed E-state index contributed by atoms with van der Waals surface area (Å²) in [5.74, 6) is 0.0867. The number of anilines is 1. The van der Waals surface area contributed by atoms with E-state index in [-0.39, 0.29) is 17.8 Å². The molecule has 3 aliphatic heterocycles. The van der Waals surface area contributed by atoms with Crippen LogP contribution in [0.1, 0.15) is 16.7 Å². The van der Waals surface area contributed by atoms with Gasteiger partial charge in [-0.2, -0.15) is 0 Å². The summed E-state index contributed by atoms with van der Waals surface area (Å²) in [6.45, 7) is 5.68. The van der Waals surface area contributed by atoms with Crippen molar-refractivity contribution in [2.45, 2.75) is 13.1 Å². The highest BCUT2D eigenvalue weighted by atomic mass is 32.2. The van der Waals surface area contributed by atoms with E-state index in [1.807, 2.05) is 12.1 Å². The Kier molecular flexibility index (Phi) is 6.40. The number of benzene rings is 2. The van der Waals surface area contributed by atoms with E-state index in [4.69, 9.17) is 4.74 Å². The fourth-order valence-corrected chi connectivity index (χ4v) is 4.93.